The maximum atomic E-state index is 16.3. The van der Waals surface area contributed by atoms with Crippen molar-refractivity contribution in [3.8, 4) is 0 Å². The fraction of sp³-hybridized carbons (Fsp3) is 0.571. The van der Waals surface area contributed by atoms with E-state index in [0.29, 0.717) is 44.1 Å². The van der Waals surface area contributed by atoms with Crippen LogP contribution in [0.4, 0.5) is 26.7 Å². The van der Waals surface area contributed by atoms with Crippen LogP contribution in [0.3, 0.4) is 0 Å². The lowest BCUT2D eigenvalue weighted by atomic mass is 9.83. The highest BCUT2D eigenvalue weighted by atomic mass is 19.1. The van der Waals surface area contributed by atoms with Gasteiger partial charge in [0, 0.05) is 43.7 Å². The topological polar surface area (TPSA) is 99.3 Å². The predicted molar refractivity (Wildman–Crippen MR) is 202 cm³/mol. The Morgan fingerprint density at radius 2 is 1.59 bits per heavy atom. The van der Waals surface area contributed by atoms with Gasteiger partial charge >= 0.3 is 6.09 Å². The summed E-state index contributed by atoms with van der Waals surface area (Å²) in [5, 5.41) is 2.94. The Balaban J connectivity index is 0.00000131. The van der Waals surface area contributed by atoms with Crippen molar-refractivity contribution in [1.29, 1.82) is 0 Å². The molecule has 3 fully saturated rings. The van der Waals surface area contributed by atoms with E-state index in [0.717, 1.165) is 68.4 Å². The van der Waals surface area contributed by atoms with Crippen molar-refractivity contribution in [2.24, 2.45) is 5.92 Å². The molecule has 2 heterocycles. The molecule has 56 heavy (non-hydrogen) atoms. The number of halogens is 5. The number of hydrogen-bond donors (Lipinski definition) is 1. The molecule has 9 nitrogen and oxygen atoms in total. The number of carbonyl (C=O) groups excluding carboxylic acids is 4. The molecule has 2 aromatic rings. The molecule has 14 heteroatoms. The minimum atomic E-state index is -0.887. The van der Waals surface area contributed by atoms with E-state index in [4.69, 9.17) is 4.74 Å². The second-order valence-electron chi connectivity index (χ2n) is 15.7. The van der Waals surface area contributed by atoms with E-state index in [1.807, 2.05) is 4.90 Å². The molecule has 0 aromatic heterocycles. The fourth-order valence-corrected chi connectivity index (χ4v) is 7.54. The number of amides is 4. The van der Waals surface area contributed by atoms with Crippen molar-refractivity contribution in [3.05, 3.63) is 82.9 Å². The Hall–Kier alpha value is -4.49. The van der Waals surface area contributed by atoms with E-state index in [1.54, 1.807) is 32.9 Å². The van der Waals surface area contributed by atoms with Crippen LogP contribution >= 0.6 is 0 Å². The third kappa shape index (κ3) is 12.8. The molecular formula is C42H55F5N4O5. The number of piperidine rings is 2. The van der Waals surface area contributed by atoms with Crippen LogP contribution in [-0.2, 0) is 20.9 Å². The van der Waals surface area contributed by atoms with Crippen LogP contribution in [0.2, 0.25) is 0 Å². The molecule has 0 radical (unpaired) electrons. The van der Waals surface area contributed by atoms with Gasteiger partial charge in [-0.05, 0) is 95.4 Å². The van der Waals surface area contributed by atoms with E-state index in [-0.39, 0.29) is 42.4 Å². The van der Waals surface area contributed by atoms with Crippen molar-refractivity contribution in [2.45, 2.75) is 109 Å². The van der Waals surface area contributed by atoms with Crippen LogP contribution in [0.25, 0.3) is 0 Å². The molecule has 308 valence electrons. The summed E-state index contributed by atoms with van der Waals surface area (Å²) in [6.07, 6.45) is 8.95. The zero-order valence-electron chi connectivity index (χ0n) is 32.6. The average Bonchev–Trinajstić information content (AvgIpc) is 3.18. The van der Waals surface area contributed by atoms with Crippen LogP contribution in [0, 0.1) is 23.4 Å². The zero-order valence-corrected chi connectivity index (χ0v) is 32.6. The number of ether oxygens (including phenoxy) is 1. The number of carbonyl (C=O) groups is 4. The minimum absolute atomic E-state index is 0.00100. The first-order valence-corrected chi connectivity index (χ1v) is 19.6. The van der Waals surface area contributed by atoms with Gasteiger partial charge in [0.25, 0.3) is 5.91 Å². The van der Waals surface area contributed by atoms with E-state index in [2.05, 4.69) is 5.32 Å². The summed E-state index contributed by atoms with van der Waals surface area (Å²) in [7, 11) is 0. The molecule has 1 saturated carbocycles. The standard InChI is InChI=1S/C39H51F3N4O5.C3H4F2/c1-39(2,3)51-38(50)46(24-28-17-18-29(40)22-32(28)41)25-33(47)45-21-11-14-27(23-45)30-15-10-16-31(34(30)42)36(48)43-35(26-12-6-4-7-13-26)37(49)44-19-8-5-9-20-44;4-2-1-3-5/h10,15-18,22,26-27,35H,4-9,11-14,19-21,23-25H2,1-3H3,(H,43,48);1-2H,3H2/b;2-1+. The highest BCUT2D eigenvalue weighted by molar-refractivity contribution is 5.98. The summed E-state index contributed by atoms with van der Waals surface area (Å²) >= 11 is 0. The number of nitrogens with one attached hydrogen (secondary N) is 1. The van der Waals surface area contributed by atoms with Gasteiger partial charge in [-0.2, -0.15) is 0 Å². The third-order valence-electron chi connectivity index (χ3n) is 10.4. The van der Waals surface area contributed by atoms with Crippen LogP contribution < -0.4 is 5.32 Å². The Labute approximate surface area is 326 Å². The maximum absolute atomic E-state index is 16.3. The van der Waals surface area contributed by atoms with Gasteiger partial charge in [-0.3, -0.25) is 19.3 Å². The number of hydrogen-bond acceptors (Lipinski definition) is 5. The number of rotatable bonds is 10. The van der Waals surface area contributed by atoms with E-state index >= 15 is 4.39 Å². The van der Waals surface area contributed by atoms with Crippen molar-refractivity contribution < 1.29 is 45.9 Å². The monoisotopic (exact) mass is 790 g/mol. The first kappa shape index (κ1) is 44.2. The molecule has 2 aromatic carbocycles. The summed E-state index contributed by atoms with van der Waals surface area (Å²) in [6.45, 7) is 5.39. The van der Waals surface area contributed by atoms with Crippen LogP contribution in [0.1, 0.15) is 112 Å². The summed E-state index contributed by atoms with van der Waals surface area (Å²) in [4.78, 5) is 58.6. The van der Waals surface area contributed by atoms with E-state index in [9.17, 15) is 36.7 Å². The van der Waals surface area contributed by atoms with Gasteiger partial charge < -0.3 is 19.9 Å². The smallest absolute Gasteiger partial charge is 0.411 e. The summed E-state index contributed by atoms with van der Waals surface area (Å²) < 4.78 is 71.1. The Morgan fingerprint density at radius 1 is 0.911 bits per heavy atom. The molecule has 0 spiro atoms. The van der Waals surface area contributed by atoms with Crippen molar-refractivity contribution in [3.63, 3.8) is 0 Å². The van der Waals surface area contributed by atoms with Crippen molar-refractivity contribution >= 4 is 23.8 Å². The molecule has 2 unspecified atom stereocenters. The number of likely N-dealkylation sites (tertiary alicyclic amines) is 2. The molecule has 2 atom stereocenters. The number of alkyl halides is 1. The maximum Gasteiger partial charge on any atom is 0.411 e. The van der Waals surface area contributed by atoms with E-state index in [1.165, 1.54) is 17.0 Å². The fourth-order valence-electron chi connectivity index (χ4n) is 7.54. The number of nitrogens with zero attached hydrogens (tertiary/aromatic N) is 3. The summed E-state index contributed by atoms with van der Waals surface area (Å²) in [5.41, 5.74) is -0.705. The molecule has 1 aliphatic carbocycles. The molecule has 2 aliphatic heterocycles. The first-order chi connectivity index (χ1) is 26.7. The van der Waals surface area contributed by atoms with Crippen LogP contribution in [0.5, 0.6) is 0 Å². The third-order valence-corrected chi connectivity index (χ3v) is 10.4. The molecule has 4 amide bonds. The van der Waals surface area contributed by atoms with Gasteiger partial charge in [0.05, 0.1) is 18.4 Å². The van der Waals surface area contributed by atoms with Gasteiger partial charge in [0.2, 0.25) is 11.8 Å². The predicted octanol–water partition coefficient (Wildman–Crippen LogP) is 8.38. The lowest BCUT2D eigenvalue weighted by Gasteiger charge is -2.36. The SMILES string of the molecule is CC(C)(C)OC(=O)N(CC(=O)N1CCCC(c2cccc(C(=O)NC(C(=O)N3CCCCC3)C3CCCCC3)c2F)C1)Cc1ccc(F)cc1F.F/C=C/CF. The Morgan fingerprint density at radius 3 is 2.21 bits per heavy atom. The summed E-state index contributed by atoms with van der Waals surface area (Å²) in [6, 6.07) is 6.97. The highest BCUT2D eigenvalue weighted by Gasteiger charge is 2.36. The van der Waals surface area contributed by atoms with Crippen molar-refractivity contribution in [1.82, 2.24) is 20.0 Å². The first-order valence-electron chi connectivity index (χ1n) is 19.6. The molecule has 5 rings (SSSR count). The summed E-state index contributed by atoms with van der Waals surface area (Å²) in [5.74, 6) is -3.87. The molecular weight excluding hydrogens is 735 g/mol. The lowest BCUT2D eigenvalue weighted by molar-refractivity contribution is -0.136. The molecule has 2 saturated heterocycles. The normalized spacial score (nSPS) is 18.5. The number of allylic oxidation sites excluding steroid dienone is 1. The average molecular weight is 791 g/mol. The second kappa shape index (κ2) is 21.2. The quantitative estimate of drug-likeness (QED) is 0.244. The Bertz CT molecular complexity index is 1670. The zero-order chi connectivity index (χ0) is 40.8. The molecule has 0 bridgehead atoms. The second-order valence-corrected chi connectivity index (χ2v) is 15.7. The van der Waals surface area contributed by atoms with Gasteiger partial charge in [0.15, 0.2) is 0 Å². The van der Waals surface area contributed by atoms with Gasteiger partial charge in [-0.1, -0.05) is 37.5 Å². The molecule has 3 aliphatic rings. The lowest BCUT2D eigenvalue weighted by Crippen LogP contribution is -2.53. The van der Waals surface area contributed by atoms with E-state index < -0.39 is 66.1 Å². The van der Waals surface area contributed by atoms with Crippen LogP contribution in [-0.4, -0.2) is 89.6 Å². The van der Waals surface area contributed by atoms with Gasteiger partial charge in [-0.25, -0.2) is 26.7 Å². The van der Waals surface area contributed by atoms with Gasteiger partial charge in [-0.15, -0.1) is 0 Å². The van der Waals surface area contributed by atoms with Crippen LogP contribution in [0.15, 0.2) is 48.8 Å². The Kier molecular flexibility index (Phi) is 16.7. The largest absolute Gasteiger partial charge is 0.444 e. The number of benzene rings is 2. The minimum Gasteiger partial charge on any atom is -0.444 e. The van der Waals surface area contributed by atoms with Gasteiger partial charge in [0.1, 0.15) is 42.3 Å². The van der Waals surface area contributed by atoms with Crippen molar-refractivity contribution in [2.75, 3.05) is 39.4 Å². The highest BCUT2D eigenvalue weighted by Crippen LogP contribution is 2.32. The molecule has 1 N–H and O–H groups in total.